The van der Waals surface area contributed by atoms with Crippen LogP contribution in [0, 0.1) is 6.92 Å². The third-order valence-corrected chi connectivity index (χ3v) is 7.46. The maximum Gasteiger partial charge on any atom is 0.264 e. The molecule has 7 heteroatoms. The van der Waals surface area contributed by atoms with Gasteiger partial charge in [-0.25, -0.2) is 8.42 Å². The summed E-state index contributed by atoms with van der Waals surface area (Å²) in [5.41, 5.74) is 2.01. The molecule has 2 aromatic carbocycles. The lowest BCUT2D eigenvalue weighted by molar-refractivity contribution is -0.903. The van der Waals surface area contributed by atoms with Crippen LogP contribution in [0.2, 0.25) is 0 Å². The monoisotopic (exact) mass is 416 g/mol. The lowest BCUT2D eigenvalue weighted by atomic mass is 10.0. The maximum absolute atomic E-state index is 13.0. The minimum Gasteiger partial charge on any atom is -0.349 e. The predicted octanol–water partition coefficient (Wildman–Crippen LogP) is 1.62. The molecule has 6 nitrogen and oxygen atoms in total. The first-order chi connectivity index (χ1) is 13.8. The molecule has 1 heterocycles. The fourth-order valence-corrected chi connectivity index (χ4v) is 4.88. The van der Waals surface area contributed by atoms with E-state index < -0.39 is 10.0 Å². The molecule has 2 aromatic rings. The highest BCUT2D eigenvalue weighted by Crippen LogP contribution is 2.23. The number of carbonyl (C=O) groups is 1. The molecule has 2 N–H and O–H groups in total. The van der Waals surface area contributed by atoms with Gasteiger partial charge in [0.25, 0.3) is 15.9 Å². The number of nitrogens with zero attached hydrogens (tertiary/aromatic N) is 1. The summed E-state index contributed by atoms with van der Waals surface area (Å²) in [6.07, 6.45) is 1.89. The van der Waals surface area contributed by atoms with E-state index in [1.165, 1.54) is 23.5 Å². The quantitative estimate of drug-likeness (QED) is 0.752. The number of hydrogen-bond acceptors (Lipinski definition) is 3. The Morgan fingerprint density at radius 3 is 2.41 bits per heavy atom. The van der Waals surface area contributed by atoms with Gasteiger partial charge in [0, 0.05) is 31.5 Å². The van der Waals surface area contributed by atoms with Crippen molar-refractivity contribution in [3.05, 3.63) is 59.7 Å². The zero-order valence-electron chi connectivity index (χ0n) is 17.3. The van der Waals surface area contributed by atoms with Crippen LogP contribution in [0.5, 0.6) is 0 Å². The third-order valence-electron chi connectivity index (χ3n) is 5.68. The minimum absolute atomic E-state index is 0.110. The van der Waals surface area contributed by atoms with E-state index in [-0.39, 0.29) is 16.8 Å². The molecule has 0 bridgehead atoms. The molecule has 1 amide bonds. The van der Waals surface area contributed by atoms with Crippen molar-refractivity contribution in [3.8, 4) is 0 Å². The molecule has 1 aliphatic rings. The number of hydrogen-bond donors (Lipinski definition) is 2. The summed E-state index contributed by atoms with van der Waals surface area (Å²) in [6.45, 7) is 7.34. The molecule has 0 spiro atoms. The van der Waals surface area contributed by atoms with E-state index in [1.54, 1.807) is 29.2 Å². The molecule has 0 saturated carbocycles. The Labute approximate surface area is 173 Å². The topological polar surface area (TPSA) is 70.9 Å². The zero-order chi connectivity index (χ0) is 21.0. The van der Waals surface area contributed by atoms with E-state index in [9.17, 15) is 13.2 Å². The maximum atomic E-state index is 13.0. The second kappa shape index (κ2) is 8.97. The molecule has 1 saturated heterocycles. The average Bonchev–Trinajstić information content (AvgIpc) is 2.74. The van der Waals surface area contributed by atoms with Crippen LogP contribution < -0.4 is 14.5 Å². The van der Waals surface area contributed by atoms with Gasteiger partial charge in [0.1, 0.15) is 0 Å². The lowest BCUT2D eigenvalue weighted by Gasteiger charge is -2.29. The predicted molar refractivity (Wildman–Crippen MR) is 115 cm³/mol. The number of rotatable bonds is 6. The summed E-state index contributed by atoms with van der Waals surface area (Å²) < 4.78 is 27.3. The number of amides is 1. The van der Waals surface area contributed by atoms with E-state index >= 15 is 0 Å². The van der Waals surface area contributed by atoms with Crippen LogP contribution in [0.3, 0.4) is 0 Å². The van der Waals surface area contributed by atoms with Crippen molar-refractivity contribution in [2.45, 2.75) is 37.6 Å². The van der Waals surface area contributed by atoms with Crippen molar-refractivity contribution >= 4 is 21.6 Å². The first-order valence-electron chi connectivity index (χ1n) is 10.1. The number of anilines is 1. The van der Waals surface area contributed by atoms with Crippen LogP contribution in [0.15, 0.2) is 53.4 Å². The second-order valence-corrected chi connectivity index (χ2v) is 9.66. The van der Waals surface area contributed by atoms with Crippen LogP contribution in [0.1, 0.15) is 35.7 Å². The molecule has 0 atom stereocenters. The van der Waals surface area contributed by atoms with Gasteiger partial charge in [-0.05, 0) is 44.2 Å². The third kappa shape index (κ3) is 4.97. The molecule has 0 unspecified atom stereocenters. The first-order valence-corrected chi connectivity index (χ1v) is 11.6. The SMILES string of the molecule is CC[NH+]1CCC(NC(=O)c2cccc(S(=O)(=O)N(C)c3ccc(C)cc3)c2)CC1. The number of piperidine rings is 1. The second-order valence-electron chi connectivity index (χ2n) is 7.69. The van der Waals surface area contributed by atoms with E-state index in [2.05, 4.69) is 12.2 Å². The molecule has 0 aromatic heterocycles. The van der Waals surface area contributed by atoms with Crippen LogP contribution >= 0.6 is 0 Å². The van der Waals surface area contributed by atoms with Crippen molar-refractivity contribution < 1.29 is 18.1 Å². The number of quaternary nitrogens is 1. The van der Waals surface area contributed by atoms with Crippen molar-refractivity contribution in [2.75, 3.05) is 31.0 Å². The van der Waals surface area contributed by atoms with Gasteiger partial charge in [-0.2, -0.15) is 0 Å². The van der Waals surface area contributed by atoms with Gasteiger partial charge in [-0.1, -0.05) is 23.8 Å². The largest absolute Gasteiger partial charge is 0.349 e. The summed E-state index contributed by atoms with van der Waals surface area (Å²) in [5.74, 6) is -0.218. The summed E-state index contributed by atoms with van der Waals surface area (Å²) in [7, 11) is -2.23. The smallest absolute Gasteiger partial charge is 0.264 e. The van der Waals surface area contributed by atoms with Crippen LogP contribution in [0.4, 0.5) is 5.69 Å². The Kier molecular flexibility index (Phi) is 6.59. The van der Waals surface area contributed by atoms with Crippen molar-refractivity contribution in [3.63, 3.8) is 0 Å². The van der Waals surface area contributed by atoms with Gasteiger partial charge in [0.2, 0.25) is 0 Å². The highest BCUT2D eigenvalue weighted by Gasteiger charge is 2.25. The summed E-state index contributed by atoms with van der Waals surface area (Å²) in [4.78, 5) is 14.4. The number of likely N-dealkylation sites (tertiary alicyclic amines) is 1. The van der Waals surface area contributed by atoms with Gasteiger partial charge in [0.05, 0.1) is 30.2 Å². The molecule has 0 aliphatic carbocycles. The number of aryl methyl sites for hydroxylation is 1. The van der Waals surface area contributed by atoms with Gasteiger partial charge in [0.15, 0.2) is 0 Å². The van der Waals surface area contributed by atoms with Crippen molar-refractivity contribution in [1.82, 2.24) is 5.32 Å². The Hall–Kier alpha value is -2.38. The first kappa shape index (κ1) is 21.3. The fourth-order valence-electron chi connectivity index (χ4n) is 3.64. The Morgan fingerprint density at radius 1 is 1.14 bits per heavy atom. The summed E-state index contributed by atoms with van der Waals surface area (Å²) in [5, 5.41) is 3.06. The van der Waals surface area contributed by atoms with Crippen LogP contribution in [0.25, 0.3) is 0 Å². The molecule has 29 heavy (non-hydrogen) atoms. The van der Waals surface area contributed by atoms with Gasteiger partial charge < -0.3 is 10.2 Å². The normalized spacial score (nSPS) is 19.6. The molecule has 0 radical (unpaired) electrons. The number of sulfonamides is 1. The average molecular weight is 417 g/mol. The van der Waals surface area contributed by atoms with E-state index in [0.29, 0.717) is 11.3 Å². The lowest BCUT2D eigenvalue weighted by Crippen LogP contribution is -3.13. The number of nitrogens with one attached hydrogen (secondary N) is 2. The molecule has 1 fully saturated rings. The Balaban J connectivity index is 1.74. The van der Waals surface area contributed by atoms with Crippen LogP contribution in [-0.2, 0) is 10.0 Å². The molecule has 156 valence electrons. The minimum atomic E-state index is -3.75. The number of carbonyl (C=O) groups excluding carboxylic acids is 1. The fraction of sp³-hybridized carbons (Fsp3) is 0.409. The molecule has 1 aliphatic heterocycles. The van der Waals surface area contributed by atoms with Crippen molar-refractivity contribution in [1.29, 1.82) is 0 Å². The van der Waals surface area contributed by atoms with Gasteiger partial charge >= 0.3 is 0 Å². The molecular weight excluding hydrogens is 386 g/mol. The highest BCUT2D eigenvalue weighted by atomic mass is 32.2. The standard InChI is InChI=1S/C22H29N3O3S/c1-4-25-14-12-19(13-15-25)23-22(26)18-6-5-7-21(16-18)29(27,28)24(3)20-10-8-17(2)9-11-20/h5-11,16,19H,4,12-15H2,1-3H3,(H,23,26)/p+1. The van der Waals surface area contributed by atoms with E-state index in [1.807, 2.05) is 19.1 Å². The van der Waals surface area contributed by atoms with Gasteiger partial charge in [-0.3, -0.25) is 9.10 Å². The molecule has 3 rings (SSSR count). The van der Waals surface area contributed by atoms with Gasteiger partial charge in [-0.15, -0.1) is 0 Å². The zero-order valence-corrected chi connectivity index (χ0v) is 18.1. The Morgan fingerprint density at radius 2 is 1.79 bits per heavy atom. The molecular formula is C22H30N3O3S+. The van der Waals surface area contributed by atoms with E-state index in [0.717, 1.165) is 38.0 Å². The highest BCUT2D eigenvalue weighted by molar-refractivity contribution is 7.92. The summed E-state index contributed by atoms with van der Waals surface area (Å²) in [6, 6.07) is 13.7. The Bertz CT molecular complexity index is 950. The number of benzene rings is 2. The van der Waals surface area contributed by atoms with Crippen molar-refractivity contribution in [2.24, 2.45) is 0 Å². The van der Waals surface area contributed by atoms with Crippen LogP contribution in [-0.4, -0.2) is 47.0 Å². The van der Waals surface area contributed by atoms with E-state index in [4.69, 9.17) is 0 Å². The summed E-state index contributed by atoms with van der Waals surface area (Å²) >= 11 is 0.